The van der Waals surface area contributed by atoms with E-state index in [1.165, 1.54) is 17.3 Å². The normalized spacial score (nSPS) is 10.8. The lowest BCUT2D eigenvalue weighted by atomic mass is 10.2. The van der Waals surface area contributed by atoms with Gasteiger partial charge in [0.25, 0.3) is 0 Å². The van der Waals surface area contributed by atoms with Crippen LogP contribution in [0.4, 0.5) is 0 Å². The van der Waals surface area contributed by atoms with Gasteiger partial charge in [0.15, 0.2) is 0 Å². The van der Waals surface area contributed by atoms with Gasteiger partial charge in [-0.15, -0.1) is 11.8 Å². The first-order valence-electron chi connectivity index (χ1n) is 5.17. The maximum Gasteiger partial charge on any atom is 0.108 e. The standard InChI is InChI=1S/C12H9N3S2/c1-2-7-13-11(6-1)16-8-9-4-3-5-10-12(9)15-17-14-10/h1-7H,8H2. The molecule has 0 radical (unpaired) electrons. The minimum atomic E-state index is 0.875. The van der Waals surface area contributed by atoms with Crippen LogP contribution in [0.2, 0.25) is 0 Å². The lowest BCUT2D eigenvalue weighted by Gasteiger charge is -2.01. The molecule has 2 aromatic heterocycles. The first-order valence-corrected chi connectivity index (χ1v) is 6.89. The maximum atomic E-state index is 4.33. The molecule has 0 amide bonds. The Balaban J connectivity index is 1.84. The van der Waals surface area contributed by atoms with E-state index in [2.05, 4.69) is 19.8 Å². The van der Waals surface area contributed by atoms with E-state index in [4.69, 9.17) is 0 Å². The molecule has 84 valence electrons. The molecule has 0 spiro atoms. The molecule has 0 bridgehead atoms. The summed E-state index contributed by atoms with van der Waals surface area (Å²) in [7, 11) is 0. The molecule has 0 aliphatic heterocycles. The summed E-state index contributed by atoms with van der Waals surface area (Å²) < 4.78 is 8.57. The Labute approximate surface area is 107 Å². The molecule has 0 aliphatic carbocycles. The Bertz CT molecular complexity index is 622. The highest BCUT2D eigenvalue weighted by atomic mass is 32.2. The Hall–Kier alpha value is -1.46. The average Bonchev–Trinajstić information content (AvgIpc) is 2.86. The van der Waals surface area contributed by atoms with Crippen LogP contribution in [-0.4, -0.2) is 13.7 Å². The van der Waals surface area contributed by atoms with E-state index in [1.807, 2.05) is 36.5 Å². The number of hydrogen-bond donors (Lipinski definition) is 0. The third-order valence-corrected chi connectivity index (χ3v) is 3.92. The topological polar surface area (TPSA) is 38.7 Å². The average molecular weight is 259 g/mol. The van der Waals surface area contributed by atoms with Crippen LogP contribution < -0.4 is 0 Å². The van der Waals surface area contributed by atoms with Crippen LogP contribution in [0.25, 0.3) is 11.0 Å². The van der Waals surface area contributed by atoms with E-state index < -0.39 is 0 Å². The first-order chi connectivity index (χ1) is 8.43. The predicted octanol–water partition coefficient (Wildman–Crippen LogP) is 3.38. The van der Waals surface area contributed by atoms with Crippen LogP contribution >= 0.6 is 23.5 Å². The summed E-state index contributed by atoms with van der Waals surface area (Å²) in [5.41, 5.74) is 3.21. The molecule has 0 atom stereocenters. The molecule has 5 heteroatoms. The molecular weight excluding hydrogens is 250 g/mol. The summed E-state index contributed by atoms with van der Waals surface area (Å²) >= 11 is 2.98. The summed E-state index contributed by atoms with van der Waals surface area (Å²) in [5, 5.41) is 1.03. The molecule has 0 fully saturated rings. The molecule has 3 rings (SSSR count). The van der Waals surface area contributed by atoms with Crippen molar-refractivity contribution in [1.29, 1.82) is 0 Å². The Morgan fingerprint density at radius 3 is 2.94 bits per heavy atom. The highest BCUT2D eigenvalue weighted by molar-refractivity contribution is 7.98. The van der Waals surface area contributed by atoms with Gasteiger partial charge in [0.1, 0.15) is 11.0 Å². The predicted molar refractivity (Wildman–Crippen MR) is 71.2 cm³/mol. The number of pyridine rings is 1. The molecule has 0 saturated carbocycles. The van der Waals surface area contributed by atoms with Crippen molar-refractivity contribution in [3.05, 3.63) is 48.2 Å². The van der Waals surface area contributed by atoms with E-state index in [0.29, 0.717) is 0 Å². The number of nitrogens with zero attached hydrogens (tertiary/aromatic N) is 3. The van der Waals surface area contributed by atoms with Crippen LogP contribution in [0.1, 0.15) is 5.56 Å². The lowest BCUT2D eigenvalue weighted by Crippen LogP contribution is -1.84. The van der Waals surface area contributed by atoms with Gasteiger partial charge in [-0.05, 0) is 23.8 Å². The number of rotatable bonds is 3. The highest BCUT2D eigenvalue weighted by Gasteiger charge is 2.05. The fourth-order valence-corrected chi connectivity index (χ4v) is 2.98. The van der Waals surface area contributed by atoms with Crippen molar-refractivity contribution in [2.24, 2.45) is 0 Å². The first kappa shape index (κ1) is 10.7. The van der Waals surface area contributed by atoms with Crippen molar-refractivity contribution in [2.45, 2.75) is 10.8 Å². The molecule has 0 saturated heterocycles. The van der Waals surface area contributed by atoms with E-state index in [1.54, 1.807) is 11.8 Å². The molecule has 0 N–H and O–H groups in total. The van der Waals surface area contributed by atoms with Gasteiger partial charge in [0.2, 0.25) is 0 Å². The van der Waals surface area contributed by atoms with Crippen LogP contribution in [-0.2, 0) is 5.75 Å². The van der Waals surface area contributed by atoms with Crippen molar-refractivity contribution in [1.82, 2.24) is 13.7 Å². The van der Waals surface area contributed by atoms with E-state index in [0.717, 1.165) is 21.8 Å². The molecule has 3 nitrogen and oxygen atoms in total. The van der Waals surface area contributed by atoms with Crippen LogP contribution in [0.3, 0.4) is 0 Å². The van der Waals surface area contributed by atoms with Crippen LogP contribution in [0.15, 0.2) is 47.6 Å². The third kappa shape index (κ3) is 2.30. The summed E-state index contributed by atoms with van der Waals surface area (Å²) in [6.45, 7) is 0. The van der Waals surface area contributed by atoms with Gasteiger partial charge in [0.05, 0.1) is 16.8 Å². The van der Waals surface area contributed by atoms with Gasteiger partial charge in [-0.3, -0.25) is 0 Å². The van der Waals surface area contributed by atoms with Crippen molar-refractivity contribution in [3.63, 3.8) is 0 Å². The Morgan fingerprint density at radius 1 is 1.06 bits per heavy atom. The second kappa shape index (κ2) is 4.81. The zero-order valence-corrected chi connectivity index (χ0v) is 10.5. The zero-order chi connectivity index (χ0) is 11.5. The lowest BCUT2D eigenvalue weighted by molar-refractivity contribution is 1.13. The molecule has 2 heterocycles. The SMILES string of the molecule is c1ccc(SCc2cccc3nsnc23)nc1. The number of fused-ring (bicyclic) bond motifs is 1. The molecule has 17 heavy (non-hydrogen) atoms. The fourth-order valence-electron chi connectivity index (χ4n) is 1.56. The number of aromatic nitrogens is 3. The Morgan fingerprint density at radius 2 is 2.06 bits per heavy atom. The van der Waals surface area contributed by atoms with E-state index in [-0.39, 0.29) is 0 Å². The number of hydrogen-bond acceptors (Lipinski definition) is 5. The fraction of sp³-hybridized carbons (Fsp3) is 0.0833. The van der Waals surface area contributed by atoms with Crippen LogP contribution in [0.5, 0.6) is 0 Å². The molecule has 1 aromatic carbocycles. The van der Waals surface area contributed by atoms with Gasteiger partial charge >= 0.3 is 0 Å². The molecule has 0 aliphatic rings. The molecule has 0 unspecified atom stereocenters. The van der Waals surface area contributed by atoms with Gasteiger partial charge in [-0.25, -0.2) is 4.98 Å². The monoisotopic (exact) mass is 259 g/mol. The van der Waals surface area contributed by atoms with E-state index >= 15 is 0 Å². The minimum Gasteiger partial charge on any atom is -0.250 e. The third-order valence-electron chi connectivity index (χ3n) is 2.38. The van der Waals surface area contributed by atoms with Gasteiger partial charge in [0, 0.05) is 11.9 Å². The van der Waals surface area contributed by atoms with Crippen molar-refractivity contribution in [2.75, 3.05) is 0 Å². The molecule has 3 aromatic rings. The second-order valence-corrected chi connectivity index (χ2v) is 5.03. The largest absolute Gasteiger partial charge is 0.250 e. The van der Waals surface area contributed by atoms with Gasteiger partial charge < -0.3 is 0 Å². The second-order valence-electron chi connectivity index (χ2n) is 3.51. The quantitative estimate of drug-likeness (QED) is 0.676. The summed E-state index contributed by atoms with van der Waals surface area (Å²) in [6, 6.07) is 12.1. The van der Waals surface area contributed by atoms with E-state index in [9.17, 15) is 0 Å². The van der Waals surface area contributed by atoms with Gasteiger partial charge in [-0.2, -0.15) is 8.75 Å². The molecular formula is C12H9N3S2. The van der Waals surface area contributed by atoms with Crippen molar-refractivity contribution < 1.29 is 0 Å². The summed E-state index contributed by atoms with van der Waals surface area (Å²) in [6.07, 6.45) is 1.81. The number of benzene rings is 1. The minimum absolute atomic E-state index is 0.875. The Kier molecular flexibility index (Phi) is 3.02. The van der Waals surface area contributed by atoms with Crippen molar-refractivity contribution >= 4 is 34.5 Å². The highest BCUT2D eigenvalue weighted by Crippen LogP contribution is 2.24. The summed E-state index contributed by atoms with van der Waals surface area (Å²) in [4.78, 5) is 4.29. The van der Waals surface area contributed by atoms with Gasteiger partial charge in [-0.1, -0.05) is 18.2 Å². The smallest absolute Gasteiger partial charge is 0.108 e. The van der Waals surface area contributed by atoms with Crippen molar-refractivity contribution in [3.8, 4) is 0 Å². The maximum absolute atomic E-state index is 4.33. The zero-order valence-electron chi connectivity index (χ0n) is 8.91. The summed E-state index contributed by atoms with van der Waals surface area (Å²) in [5.74, 6) is 0.875. The number of thioether (sulfide) groups is 1. The van der Waals surface area contributed by atoms with Crippen LogP contribution in [0, 0.1) is 0 Å².